The Hall–Kier alpha value is -1.50. The lowest BCUT2D eigenvalue weighted by Crippen LogP contribution is -2.44. The Labute approximate surface area is 157 Å². The van der Waals surface area contributed by atoms with Crippen molar-refractivity contribution in [3.05, 3.63) is 33.8 Å². The number of carbonyl (C=O) groups is 2. The molecule has 6 nitrogen and oxygen atoms in total. The van der Waals surface area contributed by atoms with Crippen molar-refractivity contribution in [3.8, 4) is 0 Å². The summed E-state index contributed by atoms with van der Waals surface area (Å²) in [6, 6.07) is 5.12. The van der Waals surface area contributed by atoms with Gasteiger partial charge in [-0.25, -0.2) is 10.3 Å². The predicted octanol–water partition coefficient (Wildman–Crippen LogP) is 3.59. The second-order valence-electron chi connectivity index (χ2n) is 6.25. The molecule has 0 bridgehead atoms. The standard InChI is InChI=1S/C17H23Cl2N3O3/c18-14-5-4-13(15(19)10-14)11-20-17(24)22-8-6-12(7-9-22)2-1-3-16(23)21-25/h4-5,10,12,25H,1-3,6-9,11H2,(H,20,24)(H,21,23). The van der Waals surface area contributed by atoms with E-state index in [2.05, 4.69) is 5.32 Å². The number of amides is 3. The molecule has 1 aliphatic heterocycles. The zero-order valence-electron chi connectivity index (χ0n) is 13.9. The van der Waals surface area contributed by atoms with Gasteiger partial charge in [-0.2, -0.15) is 0 Å². The molecule has 0 atom stereocenters. The van der Waals surface area contributed by atoms with Crippen LogP contribution in [0.4, 0.5) is 4.79 Å². The summed E-state index contributed by atoms with van der Waals surface area (Å²) < 4.78 is 0. The fourth-order valence-corrected chi connectivity index (χ4v) is 3.45. The van der Waals surface area contributed by atoms with Crippen LogP contribution in [0.2, 0.25) is 10.0 Å². The Kier molecular flexibility index (Phi) is 7.81. The van der Waals surface area contributed by atoms with Gasteiger partial charge < -0.3 is 10.2 Å². The molecule has 0 aromatic heterocycles. The second-order valence-corrected chi connectivity index (χ2v) is 7.10. The highest BCUT2D eigenvalue weighted by atomic mass is 35.5. The van der Waals surface area contributed by atoms with Crippen molar-refractivity contribution in [2.24, 2.45) is 5.92 Å². The number of hydrogen-bond acceptors (Lipinski definition) is 3. The highest BCUT2D eigenvalue weighted by Gasteiger charge is 2.22. The van der Waals surface area contributed by atoms with E-state index in [4.69, 9.17) is 28.4 Å². The molecule has 0 unspecified atom stereocenters. The highest BCUT2D eigenvalue weighted by molar-refractivity contribution is 6.35. The lowest BCUT2D eigenvalue weighted by Gasteiger charge is -2.32. The van der Waals surface area contributed by atoms with Crippen molar-refractivity contribution in [1.82, 2.24) is 15.7 Å². The third kappa shape index (κ3) is 6.38. The van der Waals surface area contributed by atoms with Crippen LogP contribution in [0.25, 0.3) is 0 Å². The van der Waals surface area contributed by atoms with Crippen LogP contribution in [0, 0.1) is 5.92 Å². The molecule has 3 amide bonds. The summed E-state index contributed by atoms with van der Waals surface area (Å²) >= 11 is 12.0. The van der Waals surface area contributed by atoms with E-state index in [1.54, 1.807) is 28.6 Å². The monoisotopic (exact) mass is 387 g/mol. The lowest BCUT2D eigenvalue weighted by molar-refractivity contribution is -0.129. The van der Waals surface area contributed by atoms with E-state index >= 15 is 0 Å². The minimum Gasteiger partial charge on any atom is -0.334 e. The third-order valence-corrected chi connectivity index (χ3v) is 5.07. The lowest BCUT2D eigenvalue weighted by atomic mass is 9.91. The number of likely N-dealkylation sites (tertiary alicyclic amines) is 1. The van der Waals surface area contributed by atoms with Gasteiger partial charge in [-0.1, -0.05) is 29.3 Å². The van der Waals surface area contributed by atoms with Crippen LogP contribution in [-0.4, -0.2) is 35.1 Å². The molecule has 1 heterocycles. The molecular weight excluding hydrogens is 365 g/mol. The number of piperidine rings is 1. The average Bonchev–Trinajstić information content (AvgIpc) is 2.61. The van der Waals surface area contributed by atoms with Gasteiger partial charge in [-0.3, -0.25) is 10.0 Å². The summed E-state index contributed by atoms with van der Waals surface area (Å²) in [5.41, 5.74) is 2.47. The summed E-state index contributed by atoms with van der Waals surface area (Å²) in [5, 5.41) is 12.5. The molecule has 0 aliphatic carbocycles. The Bertz CT molecular complexity index is 605. The van der Waals surface area contributed by atoms with Gasteiger partial charge in [-0.05, 0) is 49.3 Å². The third-order valence-electron chi connectivity index (χ3n) is 4.49. The Morgan fingerprint density at radius 3 is 2.60 bits per heavy atom. The van der Waals surface area contributed by atoms with Crippen LogP contribution in [0.1, 0.15) is 37.7 Å². The summed E-state index contributed by atoms with van der Waals surface area (Å²) in [6.07, 6.45) is 3.87. The first kappa shape index (κ1) is 19.8. The minimum absolute atomic E-state index is 0.0934. The molecular formula is C17H23Cl2N3O3. The van der Waals surface area contributed by atoms with Crippen molar-refractivity contribution in [1.29, 1.82) is 0 Å². The molecule has 1 fully saturated rings. The molecule has 0 spiro atoms. The van der Waals surface area contributed by atoms with Crippen LogP contribution >= 0.6 is 23.2 Å². The van der Waals surface area contributed by atoms with Gasteiger partial charge in [-0.15, -0.1) is 0 Å². The Morgan fingerprint density at radius 2 is 1.96 bits per heavy atom. The highest BCUT2D eigenvalue weighted by Crippen LogP contribution is 2.23. The van der Waals surface area contributed by atoms with Crippen LogP contribution in [0.15, 0.2) is 18.2 Å². The van der Waals surface area contributed by atoms with Gasteiger partial charge in [0.05, 0.1) is 0 Å². The van der Waals surface area contributed by atoms with Gasteiger partial charge in [0.2, 0.25) is 5.91 Å². The van der Waals surface area contributed by atoms with Gasteiger partial charge in [0.25, 0.3) is 0 Å². The first-order chi connectivity index (χ1) is 12.0. The van der Waals surface area contributed by atoms with Crippen LogP contribution in [0.5, 0.6) is 0 Å². The fraction of sp³-hybridized carbons (Fsp3) is 0.529. The zero-order chi connectivity index (χ0) is 18.2. The maximum atomic E-state index is 12.3. The number of urea groups is 1. The number of nitrogens with one attached hydrogen (secondary N) is 2. The number of halogens is 2. The minimum atomic E-state index is -0.349. The smallest absolute Gasteiger partial charge is 0.317 e. The van der Waals surface area contributed by atoms with Crippen molar-refractivity contribution < 1.29 is 14.8 Å². The average molecular weight is 388 g/mol. The van der Waals surface area contributed by atoms with Crippen LogP contribution in [0.3, 0.4) is 0 Å². The van der Waals surface area contributed by atoms with Crippen molar-refractivity contribution in [2.45, 2.75) is 38.6 Å². The van der Waals surface area contributed by atoms with E-state index in [1.165, 1.54) is 0 Å². The van der Waals surface area contributed by atoms with E-state index in [1.807, 2.05) is 0 Å². The molecule has 2 rings (SSSR count). The number of benzene rings is 1. The van der Waals surface area contributed by atoms with Gasteiger partial charge in [0.15, 0.2) is 0 Å². The van der Waals surface area contributed by atoms with Crippen LogP contribution in [-0.2, 0) is 11.3 Å². The number of carbonyl (C=O) groups excluding carboxylic acids is 2. The van der Waals surface area contributed by atoms with E-state index in [0.29, 0.717) is 42.0 Å². The maximum absolute atomic E-state index is 12.3. The van der Waals surface area contributed by atoms with E-state index in [9.17, 15) is 9.59 Å². The first-order valence-corrected chi connectivity index (χ1v) is 9.15. The van der Waals surface area contributed by atoms with E-state index in [-0.39, 0.29) is 11.9 Å². The fourth-order valence-electron chi connectivity index (χ4n) is 2.98. The molecule has 0 radical (unpaired) electrons. The molecule has 1 aromatic rings. The quantitative estimate of drug-likeness (QED) is 0.515. The number of hydrogen-bond donors (Lipinski definition) is 3. The molecule has 3 N–H and O–H groups in total. The number of hydroxylamine groups is 1. The zero-order valence-corrected chi connectivity index (χ0v) is 15.4. The molecule has 1 aliphatic rings. The topological polar surface area (TPSA) is 81.7 Å². The maximum Gasteiger partial charge on any atom is 0.317 e. The summed E-state index contributed by atoms with van der Waals surface area (Å²) in [4.78, 5) is 25.1. The molecule has 138 valence electrons. The van der Waals surface area contributed by atoms with E-state index < -0.39 is 0 Å². The van der Waals surface area contributed by atoms with Crippen molar-refractivity contribution >= 4 is 35.1 Å². The van der Waals surface area contributed by atoms with Gasteiger partial charge in [0, 0.05) is 36.1 Å². The molecule has 1 saturated heterocycles. The van der Waals surface area contributed by atoms with Crippen molar-refractivity contribution in [2.75, 3.05) is 13.1 Å². The van der Waals surface area contributed by atoms with Crippen LogP contribution < -0.4 is 10.8 Å². The molecule has 1 aromatic carbocycles. The molecule has 0 saturated carbocycles. The summed E-state index contributed by atoms with van der Waals surface area (Å²) in [7, 11) is 0. The Balaban J connectivity index is 1.69. The van der Waals surface area contributed by atoms with E-state index in [0.717, 1.165) is 31.2 Å². The Morgan fingerprint density at radius 1 is 1.24 bits per heavy atom. The normalized spacial score (nSPS) is 15.1. The molecule has 25 heavy (non-hydrogen) atoms. The second kappa shape index (κ2) is 9.85. The van der Waals surface area contributed by atoms with Crippen molar-refractivity contribution in [3.63, 3.8) is 0 Å². The summed E-state index contributed by atoms with van der Waals surface area (Å²) in [5.74, 6) is 0.166. The largest absolute Gasteiger partial charge is 0.334 e. The first-order valence-electron chi connectivity index (χ1n) is 8.39. The summed E-state index contributed by atoms with van der Waals surface area (Å²) in [6.45, 7) is 1.78. The predicted molar refractivity (Wildman–Crippen MR) is 96.8 cm³/mol. The van der Waals surface area contributed by atoms with Gasteiger partial charge in [0.1, 0.15) is 0 Å². The SMILES string of the molecule is O=C(CCCC1CCN(C(=O)NCc2ccc(Cl)cc2Cl)CC1)NO. The van der Waals surface area contributed by atoms with Gasteiger partial charge >= 0.3 is 6.03 Å². The molecule has 8 heteroatoms. The number of nitrogens with zero attached hydrogens (tertiary/aromatic N) is 1. The number of rotatable bonds is 6.